The highest BCUT2D eigenvalue weighted by atomic mass is 32.2. The van der Waals surface area contributed by atoms with Crippen LogP contribution >= 0.6 is 0 Å². The maximum absolute atomic E-state index is 13.2. The van der Waals surface area contributed by atoms with Gasteiger partial charge in [0.2, 0.25) is 5.91 Å². The Hall–Kier alpha value is -2.27. The predicted molar refractivity (Wildman–Crippen MR) is 129 cm³/mol. The van der Waals surface area contributed by atoms with E-state index in [0.29, 0.717) is 19.3 Å². The van der Waals surface area contributed by atoms with Crippen LogP contribution < -0.4 is 0 Å². The van der Waals surface area contributed by atoms with Gasteiger partial charge in [0.05, 0.1) is 18.8 Å². The lowest BCUT2D eigenvalue weighted by molar-refractivity contribution is -0.153. The van der Waals surface area contributed by atoms with Gasteiger partial charge in [-0.1, -0.05) is 36.4 Å². The molecule has 0 aromatic heterocycles. The van der Waals surface area contributed by atoms with Crippen molar-refractivity contribution in [2.45, 2.75) is 82.7 Å². The zero-order valence-electron chi connectivity index (χ0n) is 20.6. The second-order valence-electron chi connectivity index (χ2n) is 9.39. The molecule has 0 N–H and O–H groups in total. The van der Waals surface area contributed by atoms with Crippen LogP contribution in [-0.4, -0.2) is 68.1 Å². The minimum Gasteiger partial charge on any atom is -0.461 e. The number of carbonyl (C=O) groups excluding carboxylic acids is 2. The zero-order valence-corrected chi connectivity index (χ0v) is 21.4. The average Bonchev–Trinajstić information content (AvgIpc) is 3.12. The fourth-order valence-electron chi connectivity index (χ4n) is 4.54. The number of hydrogen-bond donors (Lipinski definition) is 0. The van der Waals surface area contributed by atoms with Crippen LogP contribution in [0.2, 0.25) is 0 Å². The summed E-state index contributed by atoms with van der Waals surface area (Å²) < 4.78 is 46.3. The molecule has 2 aliphatic rings. The molecular formula is C25H35NO8S. The van der Waals surface area contributed by atoms with Gasteiger partial charge in [0.15, 0.2) is 5.79 Å². The first kappa shape index (κ1) is 27.3. The number of rotatable bonds is 11. The van der Waals surface area contributed by atoms with Crippen molar-refractivity contribution in [3.63, 3.8) is 0 Å². The van der Waals surface area contributed by atoms with E-state index in [4.69, 9.17) is 18.4 Å². The summed E-state index contributed by atoms with van der Waals surface area (Å²) in [6.45, 7) is 7.57. The Morgan fingerprint density at radius 2 is 1.80 bits per heavy atom. The molecule has 1 amide bonds. The molecule has 0 radical (unpaired) electrons. The van der Waals surface area contributed by atoms with Crippen LogP contribution in [0.4, 0.5) is 0 Å². The summed E-state index contributed by atoms with van der Waals surface area (Å²) in [7, 11) is -3.78. The van der Waals surface area contributed by atoms with Crippen LogP contribution in [0.1, 0.15) is 51.5 Å². The Balaban J connectivity index is 1.57. The summed E-state index contributed by atoms with van der Waals surface area (Å²) in [6, 6.07) is 9.07. The van der Waals surface area contributed by atoms with E-state index in [2.05, 4.69) is 6.58 Å². The third-order valence-corrected chi connectivity index (χ3v) is 6.57. The fourth-order valence-corrected chi connectivity index (χ4v) is 5.16. The van der Waals surface area contributed by atoms with Crippen LogP contribution in [0.25, 0.3) is 0 Å². The molecule has 3 rings (SSSR count). The zero-order chi connectivity index (χ0) is 25.6. The normalized spacial score (nSPS) is 25.6. The lowest BCUT2D eigenvalue weighted by atomic mass is 9.91. The molecule has 194 valence electrons. The smallest absolute Gasteiger partial charge is 0.306 e. The van der Waals surface area contributed by atoms with Crippen molar-refractivity contribution in [3.8, 4) is 0 Å². The lowest BCUT2D eigenvalue weighted by Crippen LogP contribution is -2.62. The Morgan fingerprint density at radius 3 is 2.46 bits per heavy atom. The Kier molecular flexibility index (Phi) is 9.09. The van der Waals surface area contributed by atoms with Crippen molar-refractivity contribution in [1.82, 2.24) is 4.90 Å². The first-order valence-corrected chi connectivity index (χ1v) is 13.6. The summed E-state index contributed by atoms with van der Waals surface area (Å²) >= 11 is 0. The first-order valence-electron chi connectivity index (χ1n) is 11.8. The third kappa shape index (κ3) is 7.86. The van der Waals surface area contributed by atoms with Gasteiger partial charge in [0.1, 0.15) is 24.9 Å². The van der Waals surface area contributed by atoms with Crippen molar-refractivity contribution in [2.75, 3.05) is 12.8 Å². The molecule has 2 aliphatic heterocycles. The highest BCUT2D eigenvalue weighted by molar-refractivity contribution is 7.86. The molecule has 4 atom stereocenters. The van der Waals surface area contributed by atoms with E-state index in [1.54, 1.807) is 24.8 Å². The van der Waals surface area contributed by atoms with E-state index < -0.39 is 34.2 Å². The molecule has 2 fully saturated rings. The van der Waals surface area contributed by atoms with Crippen LogP contribution in [0.3, 0.4) is 0 Å². The van der Waals surface area contributed by atoms with Gasteiger partial charge >= 0.3 is 5.97 Å². The lowest BCUT2D eigenvalue weighted by Gasteiger charge is -2.44. The molecule has 0 spiro atoms. The van der Waals surface area contributed by atoms with E-state index in [0.717, 1.165) is 11.8 Å². The average molecular weight is 510 g/mol. The molecule has 10 heteroatoms. The second kappa shape index (κ2) is 11.6. The predicted octanol–water partition coefficient (Wildman–Crippen LogP) is 2.94. The molecule has 1 aromatic rings. The van der Waals surface area contributed by atoms with Gasteiger partial charge in [-0.25, -0.2) is 0 Å². The van der Waals surface area contributed by atoms with E-state index in [1.807, 2.05) is 30.3 Å². The first-order chi connectivity index (χ1) is 16.5. The van der Waals surface area contributed by atoms with E-state index >= 15 is 0 Å². The number of unbranched alkanes of at least 4 members (excludes halogenated alkanes) is 1. The van der Waals surface area contributed by atoms with E-state index in [-0.39, 0.29) is 43.9 Å². The molecule has 9 nitrogen and oxygen atoms in total. The van der Waals surface area contributed by atoms with Gasteiger partial charge in [-0.3, -0.25) is 13.8 Å². The van der Waals surface area contributed by atoms with Gasteiger partial charge < -0.3 is 19.1 Å². The molecule has 2 saturated heterocycles. The van der Waals surface area contributed by atoms with Crippen molar-refractivity contribution in [2.24, 2.45) is 0 Å². The summed E-state index contributed by atoms with van der Waals surface area (Å²) in [5.74, 6) is -1.41. The van der Waals surface area contributed by atoms with E-state index in [9.17, 15) is 18.0 Å². The molecule has 1 aromatic carbocycles. The fraction of sp³-hybridized carbons (Fsp3) is 0.600. The number of nitrogens with zero attached hydrogens (tertiary/aromatic N) is 1. The minimum absolute atomic E-state index is 0.0597. The number of amides is 1. The molecular weight excluding hydrogens is 474 g/mol. The molecule has 1 unspecified atom stereocenters. The Bertz CT molecular complexity index is 994. The van der Waals surface area contributed by atoms with E-state index in [1.165, 1.54) is 0 Å². The third-order valence-electron chi connectivity index (χ3n) is 5.98. The van der Waals surface area contributed by atoms with Crippen molar-refractivity contribution >= 4 is 22.0 Å². The highest BCUT2D eigenvalue weighted by Crippen LogP contribution is 2.39. The van der Waals surface area contributed by atoms with Crippen molar-refractivity contribution in [3.05, 3.63) is 48.6 Å². The highest BCUT2D eigenvalue weighted by Gasteiger charge is 2.55. The molecule has 0 bridgehead atoms. The van der Waals surface area contributed by atoms with Gasteiger partial charge in [-0.15, -0.1) is 6.58 Å². The number of piperidine rings is 1. The molecule has 0 saturated carbocycles. The molecule has 35 heavy (non-hydrogen) atoms. The van der Waals surface area contributed by atoms with Gasteiger partial charge in [0, 0.05) is 12.8 Å². The van der Waals surface area contributed by atoms with Crippen molar-refractivity contribution in [1.29, 1.82) is 0 Å². The number of benzene rings is 1. The SMILES string of the molecule is C=CCC1[C@@H]2OC(C)(C)O[C@@H]2[C@H](OS(C)(=O)=O)CN1C(=O)CCCCC(=O)OCc1ccccc1. The van der Waals surface area contributed by atoms with Crippen LogP contribution in [0.15, 0.2) is 43.0 Å². The van der Waals surface area contributed by atoms with Crippen LogP contribution in [0, 0.1) is 0 Å². The topological polar surface area (TPSA) is 108 Å². The van der Waals surface area contributed by atoms with Crippen molar-refractivity contribution < 1.29 is 36.4 Å². The summed E-state index contributed by atoms with van der Waals surface area (Å²) in [6.07, 6.45) is 2.48. The van der Waals surface area contributed by atoms with Crippen LogP contribution in [-0.2, 0) is 44.7 Å². The molecule has 2 heterocycles. The monoisotopic (exact) mass is 509 g/mol. The number of carbonyl (C=O) groups is 2. The largest absolute Gasteiger partial charge is 0.461 e. The number of hydrogen-bond acceptors (Lipinski definition) is 8. The molecule has 0 aliphatic carbocycles. The van der Waals surface area contributed by atoms with Gasteiger partial charge in [-0.05, 0) is 38.7 Å². The van der Waals surface area contributed by atoms with Gasteiger partial charge in [-0.2, -0.15) is 8.42 Å². The quantitative estimate of drug-likeness (QED) is 0.194. The summed E-state index contributed by atoms with van der Waals surface area (Å²) in [5.41, 5.74) is 0.917. The van der Waals surface area contributed by atoms with Gasteiger partial charge in [0.25, 0.3) is 10.1 Å². The maximum atomic E-state index is 13.2. The summed E-state index contributed by atoms with van der Waals surface area (Å²) in [4.78, 5) is 26.8. The Morgan fingerprint density at radius 1 is 1.14 bits per heavy atom. The Labute approximate surface area is 207 Å². The minimum atomic E-state index is -3.78. The number of ether oxygens (including phenoxy) is 3. The number of esters is 1. The summed E-state index contributed by atoms with van der Waals surface area (Å²) in [5, 5.41) is 0. The second-order valence-corrected chi connectivity index (χ2v) is 11.0. The number of likely N-dealkylation sites (tertiary alicyclic amines) is 1. The maximum Gasteiger partial charge on any atom is 0.306 e. The standard InChI is InChI=1S/C25H35NO8S/c1-5-11-19-23-24(33-25(2,3)32-23)20(34-35(4,29)30)16-26(19)21(27)14-9-10-15-22(28)31-17-18-12-7-6-8-13-18/h5-8,12-13,19-20,23-24H,1,9-11,14-17H2,2-4H3/t19?,20-,23+,24-/m1/s1. The number of fused-ring (bicyclic) bond motifs is 1. The van der Waals surface area contributed by atoms with Crippen LogP contribution in [0.5, 0.6) is 0 Å².